The number of hydrogen-bond acceptors (Lipinski definition) is 3. The second-order valence-electron chi connectivity index (χ2n) is 2.81. The van der Waals surface area contributed by atoms with Gasteiger partial charge in [0.1, 0.15) is 0 Å². The summed E-state index contributed by atoms with van der Waals surface area (Å²) >= 11 is 0. The van der Waals surface area contributed by atoms with Crippen LogP contribution in [0.5, 0.6) is 0 Å². The predicted octanol–water partition coefficient (Wildman–Crippen LogP) is -0.416. The van der Waals surface area contributed by atoms with E-state index in [-0.39, 0.29) is 18.6 Å². The Morgan fingerprint density at radius 2 is 1.90 bits per heavy atom. The van der Waals surface area contributed by atoms with Crippen molar-refractivity contribution in [2.24, 2.45) is 5.92 Å². The molecule has 0 aliphatic rings. The van der Waals surface area contributed by atoms with Crippen LogP contribution in [0.4, 0.5) is 0 Å². The second kappa shape index (κ2) is 4.66. The Balaban J connectivity index is 3.76. The molecule has 0 aromatic carbocycles. The monoisotopic (exact) mass is 147 g/mol. The third-order valence-corrected chi connectivity index (χ3v) is 1.66. The first-order chi connectivity index (χ1) is 4.63. The first-order valence-corrected chi connectivity index (χ1v) is 3.59. The molecule has 0 heterocycles. The van der Waals surface area contributed by atoms with Crippen molar-refractivity contribution in [2.75, 3.05) is 13.7 Å². The lowest BCUT2D eigenvalue weighted by Gasteiger charge is -2.23. The molecule has 0 bridgehead atoms. The molecule has 0 saturated carbocycles. The second-order valence-corrected chi connectivity index (χ2v) is 2.81. The lowest BCUT2D eigenvalue weighted by molar-refractivity contribution is 0.0590. The molecule has 0 aliphatic carbocycles. The maximum atomic E-state index is 9.36. The lowest BCUT2D eigenvalue weighted by atomic mass is 10.0. The highest BCUT2D eigenvalue weighted by Gasteiger charge is 2.18. The molecule has 3 heteroatoms. The highest BCUT2D eigenvalue weighted by atomic mass is 16.3. The molecule has 0 spiro atoms. The van der Waals surface area contributed by atoms with Gasteiger partial charge in [-0.2, -0.15) is 0 Å². The largest absolute Gasteiger partial charge is 0.395 e. The summed E-state index contributed by atoms with van der Waals surface area (Å²) in [7, 11) is 1.73. The molecule has 0 aromatic heterocycles. The zero-order valence-electron chi connectivity index (χ0n) is 6.83. The van der Waals surface area contributed by atoms with Crippen molar-refractivity contribution in [2.45, 2.75) is 26.0 Å². The van der Waals surface area contributed by atoms with E-state index in [9.17, 15) is 5.11 Å². The molecule has 0 radical (unpaired) electrons. The van der Waals surface area contributed by atoms with E-state index in [2.05, 4.69) is 5.32 Å². The van der Waals surface area contributed by atoms with E-state index in [0.717, 1.165) is 0 Å². The summed E-state index contributed by atoms with van der Waals surface area (Å²) in [6.45, 7) is 3.82. The van der Waals surface area contributed by atoms with Crippen LogP contribution in [0.3, 0.4) is 0 Å². The van der Waals surface area contributed by atoms with Crippen LogP contribution in [0.15, 0.2) is 0 Å². The molecule has 0 aliphatic heterocycles. The fourth-order valence-corrected chi connectivity index (χ4v) is 0.835. The lowest BCUT2D eigenvalue weighted by Crippen LogP contribution is -2.43. The number of hydrogen-bond donors (Lipinski definition) is 3. The normalized spacial score (nSPS) is 17.4. The van der Waals surface area contributed by atoms with Gasteiger partial charge in [-0.25, -0.2) is 0 Å². The summed E-state index contributed by atoms with van der Waals surface area (Å²) in [5, 5.41) is 20.9. The van der Waals surface area contributed by atoms with Gasteiger partial charge in [0.25, 0.3) is 0 Å². The van der Waals surface area contributed by atoms with E-state index in [1.165, 1.54) is 0 Å². The first-order valence-electron chi connectivity index (χ1n) is 3.59. The molecule has 2 atom stereocenters. The van der Waals surface area contributed by atoms with Gasteiger partial charge in [-0.05, 0) is 13.0 Å². The van der Waals surface area contributed by atoms with Crippen molar-refractivity contribution in [1.82, 2.24) is 5.32 Å². The highest BCUT2D eigenvalue weighted by Crippen LogP contribution is 2.04. The Bertz CT molecular complexity index is 81.7. The summed E-state index contributed by atoms with van der Waals surface area (Å²) in [6, 6.07) is -0.194. The fourth-order valence-electron chi connectivity index (χ4n) is 0.835. The zero-order chi connectivity index (χ0) is 8.15. The van der Waals surface area contributed by atoms with Crippen LogP contribution >= 0.6 is 0 Å². The molecule has 0 rings (SSSR count). The minimum atomic E-state index is -0.463. The number of rotatable bonds is 4. The van der Waals surface area contributed by atoms with E-state index >= 15 is 0 Å². The minimum absolute atomic E-state index is 0.0180. The Labute approximate surface area is 62.1 Å². The van der Waals surface area contributed by atoms with Crippen LogP contribution in [0, 0.1) is 5.92 Å². The Kier molecular flexibility index (Phi) is 4.60. The van der Waals surface area contributed by atoms with Gasteiger partial charge in [0.15, 0.2) is 0 Å². The summed E-state index contributed by atoms with van der Waals surface area (Å²) in [4.78, 5) is 0. The molecule has 3 N–H and O–H groups in total. The molecule has 0 fully saturated rings. The average Bonchev–Trinajstić information content (AvgIpc) is 1.90. The third-order valence-electron chi connectivity index (χ3n) is 1.66. The van der Waals surface area contributed by atoms with Crippen molar-refractivity contribution in [3.63, 3.8) is 0 Å². The third kappa shape index (κ3) is 2.64. The standard InChI is InChI=1S/C7H17NO2/c1-5(2)7(10)6(4-9)8-3/h5-10H,4H2,1-3H3. The van der Waals surface area contributed by atoms with Crippen LogP contribution in [0.25, 0.3) is 0 Å². The van der Waals surface area contributed by atoms with Crippen LogP contribution in [-0.4, -0.2) is 36.0 Å². The van der Waals surface area contributed by atoms with Crippen molar-refractivity contribution < 1.29 is 10.2 Å². The number of nitrogens with one attached hydrogen (secondary N) is 1. The van der Waals surface area contributed by atoms with Gasteiger partial charge < -0.3 is 15.5 Å². The molecular weight excluding hydrogens is 130 g/mol. The number of aliphatic hydroxyl groups excluding tert-OH is 2. The predicted molar refractivity (Wildman–Crippen MR) is 40.8 cm³/mol. The highest BCUT2D eigenvalue weighted by molar-refractivity contribution is 4.75. The quantitative estimate of drug-likeness (QED) is 0.506. The maximum Gasteiger partial charge on any atom is 0.0738 e. The molecule has 0 aromatic rings. The molecule has 0 amide bonds. The van der Waals surface area contributed by atoms with Crippen LogP contribution < -0.4 is 5.32 Å². The molecule has 0 saturated heterocycles. The van der Waals surface area contributed by atoms with Gasteiger partial charge in [0.05, 0.1) is 18.8 Å². The van der Waals surface area contributed by atoms with Crippen molar-refractivity contribution in [3.05, 3.63) is 0 Å². The van der Waals surface area contributed by atoms with Gasteiger partial charge in [0, 0.05) is 0 Å². The van der Waals surface area contributed by atoms with Crippen molar-refractivity contribution in [3.8, 4) is 0 Å². The maximum absolute atomic E-state index is 9.36. The minimum Gasteiger partial charge on any atom is -0.395 e. The smallest absolute Gasteiger partial charge is 0.0738 e. The summed E-state index contributed by atoms with van der Waals surface area (Å²) < 4.78 is 0. The molecule has 10 heavy (non-hydrogen) atoms. The van der Waals surface area contributed by atoms with Gasteiger partial charge in [-0.1, -0.05) is 13.8 Å². The first kappa shape index (κ1) is 9.88. The van der Waals surface area contributed by atoms with Gasteiger partial charge in [-0.15, -0.1) is 0 Å². The molecule has 3 nitrogen and oxygen atoms in total. The topological polar surface area (TPSA) is 52.5 Å². The van der Waals surface area contributed by atoms with E-state index in [0.29, 0.717) is 0 Å². The number of likely N-dealkylation sites (N-methyl/N-ethyl adjacent to an activating group) is 1. The Morgan fingerprint density at radius 1 is 1.40 bits per heavy atom. The zero-order valence-corrected chi connectivity index (χ0v) is 6.83. The number of aliphatic hydroxyl groups is 2. The van der Waals surface area contributed by atoms with Gasteiger partial charge in [-0.3, -0.25) is 0 Å². The molecule has 2 unspecified atom stereocenters. The Hall–Kier alpha value is -0.120. The van der Waals surface area contributed by atoms with E-state index in [1.807, 2.05) is 13.8 Å². The molecule has 62 valence electrons. The van der Waals surface area contributed by atoms with Crippen molar-refractivity contribution >= 4 is 0 Å². The van der Waals surface area contributed by atoms with E-state index in [4.69, 9.17) is 5.11 Å². The van der Waals surface area contributed by atoms with Crippen LogP contribution in [-0.2, 0) is 0 Å². The van der Waals surface area contributed by atoms with Gasteiger partial charge >= 0.3 is 0 Å². The summed E-state index contributed by atoms with van der Waals surface area (Å²) in [5.41, 5.74) is 0. The summed E-state index contributed by atoms with van der Waals surface area (Å²) in [5.74, 6) is 0.185. The SMILES string of the molecule is CNC(CO)C(O)C(C)C. The fraction of sp³-hybridized carbons (Fsp3) is 1.00. The van der Waals surface area contributed by atoms with Crippen LogP contribution in [0.1, 0.15) is 13.8 Å². The molecular formula is C7H17NO2. The Morgan fingerprint density at radius 3 is 2.00 bits per heavy atom. The van der Waals surface area contributed by atoms with Crippen LogP contribution in [0.2, 0.25) is 0 Å². The van der Waals surface area contributed by atoms with Gasteiger partial charge in [0.2, 0.25) is 0 Å². The van der Waals surface area contributed by atoms with Crippen molar-refractivity contribution in [1.29, 1.82) is 0 Å². The van der Waals surface area contributed by atoms with E-state index < -0.39 is 6.10 Å². The average molecular weight is 147 g/mol. The summed E-state index contributed by atoms with van der Waals surface area (Å²) in [6.07, 6.45) is -0.463. The van der Waals surface area contributed by atoms with E-state index in [1.54, 1.807) is 7.05 Å².